The smallest absolute Gasteiger partial charge is 0.276 e. The van der Waals surface area contributed by atoms with Crippen LogP contribution in [0.15, 0.2) is 36.4 Å². The van der Waals surface area contributed by atoms with Crippen molar-refractivity contribution in [2.45, 2.75) is 47.0 Å². The van der Waals surface area contributed by atoms with Crippen molar-refractivity contribution in [3.05, 3.63) is 64.2 Å². The molecule has 27 heavy (non-hydrogen) atoms. The SMILES string of the molecule is Cc1ccc(C(C)C)c(OCC(=O)NNC(=O)Cc2ccc(C)c(C)c2)c1. The lowest BCUT2D eigenvalue weighted by Crippen LogP contribution is -2.44. The van der Waals surface area contributed by atoms with E-state index in [9.17, 15) is 9.59 Å². The molecule has 0 fully saturated rings. The topological polar surface area (TPSA) is 67.4 Å². The molecule has 0 spiro atoms. The molecule has 2 amide bonds. The van der Waals surface area contributed by atoms with E-state index in [0.717, 1.165) is 22.3 Å². The Balaban J connectivity index is 1.83. The highest BCUT2D eigenvalue weighted by Gasteiger charge is 2.11. The first-order chi connectivity index (χ1) is 12.8. The Labute approximate surface area is 161 Å². The summed E-state index contributed by atoms with van der Waals surface area (Å²) in [5.74, 6) is 0.313. The molecule has 2 aromatic carbocycles. The van der Waals surface area contributed by atoms with Crippen LogP contribution in [0.2, 0.25) is 0 Å². The second-order valence-corrected chi connectivity index (χ2v) is 7.18. The number of hydrazine groups is 1. The molecule has 0 bridgehead atoms. The summed E-state index contributed by atoms with van der Waals surface area (Å²) in [7, 11) is 0. The molecule has 5 nitrogen and oxygen atoms in total. The Morgan fingerprint density at radius 3 is 2.30 bits per heavy atom. The molecule has 2 aromatic rings. The Morgan fingerprint density at radius 2 is 1.63 bits per heavy atom. The predicted octanol–water partition coefficient (Wildman–Crippen LogP) is 3.50. The van der Waals surface area contributed by atoms with Gasteiger partial charge < -0.3 is 4.74 Å². The summed E-state index contributed by atoms with van der Waals surface area (Å²) in [6.07, 6.45) is 0.206. The number of hydrogen-bond donors (Lipinski definition) is 2. The highest BCUT2D eigenvalue weighted by Crippen LogP contribution is 2.27. The van der Waals surface area contributed by atoms with E-state index in [0.29, 0.717) is 11.7 Å². The minimum Gasteiger partial charge on any atom is -0.483 e. The Hall–Kier alpha value is -2.82. The maximum atomic E-state index is 12.0. The van der Waals surface area contributed by atoms with Gasteiger partial charge in [0.2, 0.25) is 5.91 Å². The molecule has 0 saturated carbocycles. The lowest BCUT2D eigenvalue weighted by Gasteiger charge is -2.15. The normalized spacial score (nSPS) is 10.6. The van der Waals surface area contributed by atoms with Crippen molar-refractivity contribution >= 4 is 11.8 Å². The van der Waals surface area contributed by atoms with Crippen LogP contribution < -0.4 is 15.6 Å². The average Bonchev–Trinajstić information content (AvgIpc) is 2.61. The Morgan fingerprint density at radius 1 is 0.926 bits per heavy atom. The van der Waals surface area contributed by atoms with Crippen LogP contribution in [0.1, 0.15) is 47.6 Å². The van der Waals surface area contributed by atoms with Crippen LogP contribution in [0.4, 0.5) is 0 Å². The highest BCUT2D eigenvalue weighted by molar-refractivity contribution is 5.83. The fourth-order valence-corrected chi connectivity index (χ4v) is 2.71. The van der Waals surface area contributed by atoms with Gasteiger partial charge in [-0.2, -0.15) is 0 Å². The number of carbonyl (C=O) groups excluding carboxylic acids is 2. The molecular formula is C22H28N2O3. The molecule has 0 atom stereocenters. The van der Waals surface area contributed by atoms with Crippen LogP contribution in [0.5, 0.6) is 5.75 Å². The summed E-state index contributed by atoms with van der Waals surface area (Å²) in [5, 5.41) is 0. The summed E-state index contributed by atoms with van der Waals surface area (Å²) in [4.78, 5) is 24.0. The number of nitrogens with one attached hydrogen (secondary N) is 2. The first-order valence-corrected chi connectivity index (χ1v) is 9.13. The standard InChI is InChI=1S/C22H28N2O3/c1-14(2)19-9-6-15(3)10-20(19)27-13-22(26)24-23-21(25)12-18-8-7-16(4)17(5)11-18/h6-11,14H,12-13H2,1-5H3,(H,23,25)(H,24,26). The fraction of sp³-hybridized carbons (Fsp3) is 0.364. The van der Waals surface area contributed by atoms with E-state index in [4.69, 9.17) is 4.74 Å². The van der Waals surface area contributed by atoms with Gasteiger partial charge in [-0.15, -0.1) is 0 Å². The van der Waals surface area contributed by atoms with E-state index in [1.54, 1.807) is 0 Å². The van der Waals surface area contributed by atoms with Gasteiger partial charge in [-0.25, -0.2) is 0 Å². The van der Waals surface area contributed by atoms with Gasteiger partial charge in [-0.05, 0) is 60.6 Å². The summed E-state index contributed by atoms with van der Waals surface area (Å²) in [6.45, 7) is 10.00. The molecule has 144 valence electrons. The van der Waals surface area contributed by atoms with Gasteiger partial charge >= 0.3 is 0 Å². The number of benzene rings is 2. The summed E-state index contributed by atoms with van der Waals surface area (Å²) in [5.41, 5.74) is 10.2. The highest BCUT2D eigenvalue weighted by atomic mass is 16.5. The lowest BCUT2D eigenvalue weighted by atomic mass is 10.0. The zero-order valence-corrected chi connectivity index (χ0v) is 16.7. The van der Waals surface area contributed by atoms with Crippen molar-refractivity contribution in [2.75, 3.05) is 6.61 Å². The molecule has 2 rings (SSSR count). The molecule has 0 radical (unpaired) electrons. The van der Waals surface area contributed by atoms with E-state index in [1.165, 1.54) is 5.56 Å². The molecule has 2 N–H and O–H groups in total. The summed E-state index contributed by atoms with van der Waals surface area (Å²) >= 11 is 0. The molecular weight excluding hydrogens is 340 g/mol. The number of hydrogen-bond acceptors (Lipinski definition) is 3. The van der Waals surface area contributed by atoms with Crippen LogP contribution in [-0.4, -0.2) is 18.4 Å². The third-order valence-electron chi connectivity index (χ3n) is 4.43. The minimum atomic E-state index is -0.403. The second-order valence-electron chi connectivity index (χ2n) is 7.18. The molecule has 0 heterocycles. The van der Waals surface area contributed by atoms with Crippen molar-refractivity contribution < 1.29 is 14.3 Å². The van der Waals surface area contributed by atoms with Gasteiger partial charge in [-0.3, -0.25) is 20.4 Å². The zero-order chi connectivity index (χ0) is 20.0. The van der Waals surface area contributed by atoms with E-state index >= 15 is 0 Å². The van der Waals surface area contributed by atoms with Gasteiger partial charge in [0, 0.05) is 0 Å². The number of carbonyl (C=O) groups is 2. The van der Waals surface area contributed by atoms with Gasteiger partial charge in [0.05, 0.1) is 6.42 Å². The van der Waals surface area contributed by atoms with E-state index in [2.05, 4.69) is 24.7 Å². The van der Waals surface area contributed by atoms with Crippen LogP contribution in [-0.2, 0) is 16.0 Å². The fourth-order valence-electron chi connectivity index (χ4n) is 2.71. The number of amides is 2. The van der Waals surface area contributed by atoms with Crippen molar-refractivity contribution in [1.82, 2.24) is 10.9 Å². The Kier molecular flexibility index (Phi) is 6.99. The maximum Gasteiger partial charge on any atom is 0.276 e. The molecule has 0 saturated heterocycles. The molecule has 0 aliphatic heterocycles. The average molecular weight is 368 g/mol. The zero-order valence-electron chi connectivity index (χ0n) is 16.7. The first-order valence-electron chi connectivity index (χ1n) is 9.13. The predicted molar refractivity (Wildman–Crippen MR) is 107 cm³/mol. The van der Waals surface area contributed by atoms with Gasteiger partial charge in [0.25, 0.3) is 5.91 Å². The first kappa shape index (κ1) is 20.5. The van der Waals surface area contributed by atoms with E-state index < -0.39 is 5.91 Å². The third-order valence-corrected chi connectivity index (χ3v) is 4.43. The van der Waals surface area contributed by atoms with Crippen LogP contribution in [0.25, 0.3) is 0 Å². The molecule has 0 aliphatic carbocycles. The van der Waals surface area contributed by atoms with Crippen LogP contribution in [0, 0.1) is 20.8 Å². The Bertz CT molecular complexity index is 828. The molecule has 0 aromatic heterocycles. The molecule has 5 heteroatoms. The number of aryl methyl sites for hydroxylation is 3. The molecule has 0 aliphatic rings. The van der Waals surface area contributed by atoms with Crippen molar-refractivity contribution in [3.8, 4) is 5.75 Å². The van der Waals surface area contributed by atoms with Crippen LogP contribution in [0.3, 0.4) is 0 Å². The molecule has 0 unspecified atom stereocenters. The van der Waals surface area contributed by atoms with Gasteiger partial charge in [-0.1, -0.05) is 44.2 Å². The van der Waals surface area contributed by atoms with E-state index in [-0.39, 0.29) is 18.9 Å². The number of rotatable bonds is 6. The lowest BCUT2D eigenvalue weighted by molar-refractivity contribution is -0.129. The largest absolute Gasteiger partial charge is 0.483 e. The summed E-state index contributed by atoms with van der Waals surface area (Å²) < 4.78 is 5.66. The van der Waals surface area contributed by atoms with Crippen molar-refractivity contribution in [1.29, 1.82) is 0 Å². The van der Waals surface area contributed by atoms with Gasteiger partial charge in [0.1, 0.15) is 5.75 Å². The van der Waals surface area contributed by atoms with E-state index in [1.807, 2.05) is 57.2 Å². The van der Waals surface area contributed by atoms with Crippen molar-refractivity contribution in [2.24, 2.45) is 0 Å². The van der Waals surface area contributed by atoms with Crippen LogP contribution >= 0.6 is 0 Å². The third kappa shape index (κ3) is 6.13. The number of ether oxygens (including phenoxy) is 1. The quantitative estimate of drug-likeness (QED) is 0.767. The monoisotopic (exact) mass is 368 g/mol. The van der Waals surface area contributed by atoms with Gasteiger partial charge in [0.15, 0.2) is 6.61 Å². The maximum absolute atomic E-state index is 12.0. The summed E-state index contributed by atoms with van der Waals surface area (Å²) in [6, 6.07) is 11.8. The second kappa shape index (κ2) is 9.21. The minimum absolute atomic E-state index is 0.160. The van der Waals surface area contributed by atoms with Crippen molar-refractivity contribution in [3.63, 3.8) is 0 Å².